The Morgan fingerprint density at radius 3 is 2.33 bits per heavy atom. The van der Waals surface area contributed by atoms with Gasteiger partial charge in [0.2, 0.25) is 5.91 Å². The summed E-state index contributed by atoms with van der Waals surface area (Å²) in [4.78, 5) is 22.0. The summed E-state index contributed by atoms with van der Waals surface area (Å²) in [6.45, 7) is 2.86. The molecule has 33 heavy (non-hydrogen) atoms. The highest BCUT2D eigenvalue weighted by Gasteiger charge is 2.45. The molecule has 5 rings (SSSR count). The lowest BCUT2D eigenvalue weighted by molar-refractivity contribution is -0.137. The standard InChI is InChI=1S/C25H27ClN6O/c26-20-7-5-19(6-8-20)25(11-1-2-12-25)24(33)32-16-14-31(15-17-32)23-10-9-22(29-30-23)28-21-4-3-13-27-18-21/h3-10,13,18H,1-2,11-12,14-17H2,(H,28,29). The van der Waals surface area contributed by atoms with E-state index in [0.717, 1.165) is 55.8 Å². The number of benzene rings is 1. The van der Waals surface area contributed by atoms with Crippen LogP contribution in [0.5, 0.6) is 0 Å². The molecule has 1 N–H and O–H groups in total. The molecule has 1 saturated heterocycles. The minimum atomic E-state index is -0.411. The van der Waals surface area contributed by atoms with Crippen molar-refractivity contribution in [2.24, 2.45) is 0 Å². The number of rotatable bonds is 5. The van der Waals surface area contributed by atoms with E-state index in [-0.39, 0.29) is 5.91 Å². The Hall–Kier alpha value is -3.19. The number of hydrogen-bond donors (Lipinski definition) is 1. The van der Waals surface area contributed by atoms with Gasteiger partial charge in [0.05, 0.1) is 17.3 Å². The average molecular weight is 463 g/mol. The molecule has 0 spiro atoms. The van der Waals surface area contributed by atoms with Crippen molar-refractivity contribution in [3.63, 3.8) is 0 Å². The third-order valence-electron chi connectivity index (χ3n) is 6.74. The monoisotopic (exact) mass is 462 g/mol. The van der Waals surface area contributed by atoms with Crippen LogP contribution in [0.1, 0.15) is 31.2 Å². The van der Waals surface area contributed by atoms with Gasteiger partial charge in [0.15, 0.2) is 11.6 Å². The number of aromatic nitrogens is 3. The van der Waals surface area contributed by atoms with Gasteiger partial charge in [-0.1, -0.05) is 36.6 Å². The van der Waals surface area contributed by atoms with Crippen molar-refractivity contribution in [3.05, 3.63) is 71.5 Å². The molecule has 7 nitrogen and oxygen atoms in total. The molecule has 0 atom stereocenters. The van der Waals surface area contributed by atoms with Gasteiger partial charge in [-0.15, -0.1) is 10.2 Å². The number of amides is 1. The van der Waals surface area contributed by atoms with Crippen molar-refractivity contribution in [3.8, 4) is 0 Å². The maximum Gasteiger partial charge on any atom is 0.233 e. The molecular formula is C25H27ClN6O. The second-order valence-electron chi connectivity index (χ2n) is 8.72. The molecule has 0 bridgehead atoms. The topological polar surface area (TPSA) is 74.2 Å². The van der Waals surface area contributed by atoms with Gasteiger partial charge in [0.1, 0.15) is 0 Å². The maximum absolute atomic E-state index is 13.7. The van der Waals surface area contributed by atoms with Gasteiger partial charge in [0, 0.05) is 37.4 Å². The molecule has 2 fully saturated rings. The molecule has 1 aliphatic carbocycles. The molecule has 1 aromatic carbocycles. The molecule has 2 aromatic heterocycles. The van der Waals surface area contributed by atoms with E-state index in [2.05, 4.69) is 25.4 Å². The van der Waals surface area contributed by atoms with Crippen LogP contribution in [0.15, 0.2) is 60.9 Å². The number of pyridine rings is 1. The molecule has 1 saturated carbocycles. The second kappa shape index (κ2) is 9.35. The number of carbonyl (C=O) groups is 1. The van der Waals surface area contributed by atoms with E-state index < -0.39 is 5.41 Å². The highest BCUT2D eigenvalue weighted by atomic mass is 35.5. The summed E-state index contributed by atoms with van der Waals surface area (Å²) in [5.74, 6) is 1.75. The first-order valence-electron chi connectivity index (χ1n) is 11.5. The first kappa shape index (κ1) is 21.6. The van der Waals surface area contributed by atoms with Crippen LogP contribution < -0.4 is 10.2 Å². The van der Waals surface area contributed by atoms with Gasteiger partial charge in [-0.25, -0.2) is 0 Å². The Morgan fingerprint density at radius 2 is 1.70 bits per heavy atom. The number of nitrogens with one attached hydrogen (secondary N) is 1. The quantitative estimate of drug-likeness (QED) is 0.604. The van der Waals surface area contributed by atoms with E-state index in [0.29, 0.717) is 23.9 Å². The number of halogens is 1. The zero-order chi connectivity index (χ0) is 22.7. The highest BCUT2D eigenvalue weighted by Crippen LogP contribution is 2.43. The van der Waals surface area contributed by atoms with Crippen molar-refractivity contribution in [1.82, 2.24) is 20.1 Å². The van der Waals surface area contributed by atoms with Crippen LogP contribution in [0, 0.1) is 0 Å². The molecule has 0 radical (unpaired) electrons. The second-order valence-corrected chi connectivity index (χ2v) is 9.16. The fourth-order valence-corrected chi connectivity index (χ4v) is 5.09. The van der Waals surface area contributed by atoms with Gasteiger partial charge in [-0.05, 0) is 54.8 Å². The molecule has 2 aliphatic rings. The number of hydrogen-bond acceptors (Lipinski definition) is 6. The molecule has 1 amide bonds. The predicted molar refractivity (Wildman–Crippen MR) is 130 cm³/mol. The summed E-state index contributed by atoms with van der Waals surface area (Å²) in [6.07, 6.45) is 7.46. The van der Waals surface area contributed by atoms with Gasteiger partial charge >= 0.3 is 0 Å². The Bertz CT molecular complexity index is 1080. The van der Waals surface area contributed by atoms with Gasteiger partial charge in [-0.2, -0.15) is 0 Å². The van der Waals surface area contributed by atoms with Crippen LogP contribution >= 0.6 is 11.6 Å². The van der Waals surface area contributed by atoms with E-state index in [4.69, 9.17) is 11.6 Å². The lowest BCUT2D eigenvalue weighted by atomic mass is 9.77. The molecule has 1 aliphatic heterocycles. The Balaban J connectivity index is 1.23. The van der Waals surface area contributed by atoms with E-state index >= 15 is 0 Å². The Labute approximate surface area is 198 Å². The molecule has 8 heteroatoms. The fraction of sp³-hybridized carbons (Fsp3) is 0.360. The summed E-state index contributed by atoms with van der Waals surface area (Å²) in [7, 11) is 0. The summed E-state index contributed by atoms with van der Waals surface area (Å²) in [5.41, 5.74) is 1.55. The van der Waals surface area contributed by atoms with Crippen LogP contribution in [0.3, 0.4) is 0 Å². The lowest BCUT2D eigenvalue weighted by Crippen LogP contribution is -2.54. The normalized spacial score (nSPS) is 17.7. The maximum atomic E-state index is 13.7. The van der Waals surface area contributed by atoms with Crippen LogP contribution in [0.2, 0.25) is 5.02 Å². The van der Waals surface area contributed by atoms with E-state index in [1.807, 2.05) is 53.4 Å². The fourth-order valence-electron chi connectivity index (χ4n) is 4.96. The summed E-state index contributed by atoms with van der Waals surface area (Å²) < 4.78 is 0. The highest BCUT2D eigenvalue weighted by molar-refractivity contribution is 6.30. The Kier molecular flexibility index (Phi) is 6.13. The lowest BCUT2D eigenvalue weighted by Gasteiger charge is -2.40. The van der Waals surface area contributed by atoms with E-state index in [1.54, 1.807) is 12.4 Å². The largest absolute Gasteiger partial charge is 0.352 e. The van der Waals surface area contributed by atoms with Crippen molar-refractivity contribution in [2.75, 3.05) is 36.4 Å². The van der Waals surface area contributed by atoms with E-state index in [1.165, 1.54) is 0 Å². The number of anilines is 3. The first-order chi connectivity index (χ1) is 16.1. The van der Waals surface area contributed by atoms with Crippen LogP contribution in [-0.2, 0) is 10.2 Å². The SMILES string of the molecule is O=C(N1CCN(c2ccc(Nc3cccnc3)nn2)CC1)C1(c2ccc(Cl)cc2)CCCC1. The predicted octanol–water partition coefficient (Wildman–Crippen LogP) is 4.43. The summed E-state index contributed by atoms with van der Waals surface area (Å²) in [6, 6.07) is 15.5. The van der Waals surface area contributed by atoms with Crippen molar-refractivity contribution in [1.29, 1.82) is 0 Å². The summed E-state index contributed by atoms with van der Waals surface area (Å²) in [5, 5.41) is 12.6. The molecule has 3 heterocycles. The molecular weight excluding hydrogens is 436 g/mol. The van der Waals surface area contributed by atoms with Crippen LogP contribution in [0.25, 0.3) is 0 Å². The minimum Gasteiger partial charge on any atom is -0.352 e. The Morgan fingerprint density at radius 1 is 0.939 bits per heavy atom. The molecule has 0 unspecified atom stereocenters. The zero-order valence-corrected chi connectivity index (χ0v) is 19.2. The third-order valence-corrected chi connectivity index (χ3v) is 6.99. The number of piperazine rings is 1. The van der Waals surface area contributed by atoms with Gasteiger partial charge in [0.25, 0.3) is 0 Å². The molecule has 3 aromatic rings. The average Bonchev–Trinajstić information content (AvgIpc) is 3.36. The number of nitrogens with zero attached hydrogens (tertiary/aromatic N) is 5. The minimum absolute atomic E-state index is 0.254. The summed E-state index contributed by atoms with van der Waals surface area (Å²) >= 11 is 6.10. The van der Waals surface area contributed by atoms with Crippen LogP contribution in [-0.4, -0.2) is 52.2 Å². The molecule has 170 valence electrons. The van der Waals surface area contributed by atoms with Crippen molar-refractivity contribution < 1.29 is 4.79 Å². The van der Waals surface area contributed by atoms with Crippen LogP contribution in [0.4, 0.5) is 17.3 Å². The van der Waals surface area contributed by atoms with Gasteiger partial charge in [-0.3, -0.25) is 9.78 Å². The van der Waals surface area contributed by atoms with Crippen molar-refractivity contribution >= 4 is 34.8 Å². The van der Waals surface area contributed by atoms with E-state index in [9.17, 15) is 4.79 Å². The zero-order valence-electron chi connectivity index (χ0n) is 18.5. The van der Waals surface area contributed by atoms with Crippen molar-refractivity contribution in [2.45, 2.75) is 31.1 Å². The number of carbonyl (C=O) groups excluding carboxylic acids is 1. The third kappa shape index (κ3) is 4.50. The smallest absolute Gasteiger partial charge is 0.233 e. The first-order valence-corrected chi connectivity index (χ1v) is 11.8. The van der Waals surface area contributed by atoms with Gasteiger partial charge < -0.3 is 15.1 Å².